The van der Waals surface area contributed by atoms with Gasteiger partial charge in [0, 0.05) is 12.1 Å². The zero-order valence-corrected chi connectivity index (χ0v) is 15.0. The van der Waals surface area contributed by atoms with E-state index in [9.17, 15) is 4.79 Å². The molecule has 0 saturated heterocycles. The fraction of sp³-hybridized carbons (Fsp3) is 0.500. The van der Waals surface area contributed by atoms with Crippen molar-refractivity contribution >= 4 is 17.7 Å². The maximum absolute atomic E-state index is 12.7. The van der Waals surface area contributed by atoms with Crippen LogP contribution < -0.4 is 0 Å². The molecule has 1 aromatic carbocycles. The summed E-state index contributed by atoms with van der Waals surface area (Å²) >= 11 is 1.38. The summed E-state index contributed by atoms with van der Waals surface area (Å²) in [6.45, 7) is 10.0. The monoisotopic (exact) mass is 333 g/mol. The summed E-state index contributed by atoms with van der Waals surface area (Å²) < 4.78 is 1.66. The van der Waals surface area contributed by atoms with Gasteiger partial charge in [-0.1, -0.05) is 30.0 Å². The Hall–Kier alpha value is -1.89. The average molecular weight is 333 g/mol. The molecule has 0 aliphatic rings. The van der Waals surface area contributed by atoms with Gasteiger partial charge in [0.15, 0.2) is 0 Å². The van der Waals surface area contributed by atoms with Gasteiger partial charge in [0.1, 0.15) is 0 Å². The Labute approximate surface area is 141 Å². The lowest BCUT2D eigenvalue weighted by molar-refractivity contribution is -0.133. The van der Waals surface area contributed by atoms with E-state index in [2.05, 4.69) is 15.5 Å². The smallest absolute Gasteiger partial charge is 0.236 e. The summed E-state index contributed by atoms with van der Waals surface area (Å²) in [5.41, 5.74) is 0.879. The number of rotatable bonds is 6. The minimum atomic E-state index is -0.256. The maximum atomic E-state index is 12.7. The molecule has 124 valence electrons. The average Bonchev–Trinajstić information content (AvgIpc) is 2.95. The van der Waals surface area contributed by atoms with E-state index in [0.717, 1.165) is 5.69 Å². The van der Waals surface area contributed by atoms with Crippen LogP contribution in [0.25, 0.3) is 5.69 Å². The topological polar surface area (TPSA) is 63.9 Å². The Balaban J connectivity index is 2.17. The fourth-order valence-electron chi connectivity index (χ4n) is 2.51. The number of aromatic nitrogens is 4. The number of benzene rings is 1. The molecule has 1 heterocycles. The van der Waals surface area contributed by atoms with Crippen molar-refractivity contribution in [2.45, 2.75) is 57.1 Å². The highest BCUT2D eigenvalue weighted by Gasteiger charge is 2.27. The minimum Gasteiger partial charge on any atom is -0.337 e. The van der Waals surface area contributed by atoms with E-state index in [1.54, 1.807) is 4.68 Å². The van der Waals surface area contributed by atoms with Crippen LogP contribution in [0, 0.1) is 0 Å². The van der Waals surface area contributed by atoms with Gasteiger partial charge >= 0.3 is 0 Å². The van der Waals surface area contributed by atoms with Crippen molar-refractivity contribution in [2.75, 3.05) is 0 Å². The van der Waals surface area contributed by atoms with Gasteiger partial charge in [-0.2, -0.15) is 4.68 Å². The van der Waals surface area contributed by atoms with Crippen molar-refractivity contribution in [3.05, 3.63) is 30.3 Å². The Bertz CT molecular complexity index is 633. The number of hydrogen-bond acceptors (Lipinski definition) is 5. The third kappa shape index (κ3) is 4.10. The molecule has 0 aliphatic heterocycles. The first kappa shape index (κ1) is 17.5. The van der Waals surface area contributed by atoms with Crippen molar-refractivity contribution in [1.29, 1.82) is 0 Å². The molecule has 0 fully saturated rings. The zero-order chi connectivity index (χ0) is 17.0. The summed E-state index contributed by atoms with van der Waals surface area (Å²) in [6, 6.07) is 9.99. The summed E-state index contributed by atoms with van der Waals surface area (Å²) in [5.74, 6) is 0.0996. The van der Waals surface area contributed by atoms with Crippen molar-refractivity contribution < 1.29 is 4.79 Å². The first-order valence-electron chi connectivity index (χ1n) is 7.74. The van der Waals surface area contributed by atoms with Crippen molar-refractivity contribution in [2.24, 2.45) is 0 Å². The standard InChI is InChI=1S/C16H23N5OS/c1-11(2)20(12(3)4)15(22)13(5)23-16-17-18-19-21(16)14-9-7-6-8-10-14/h6-13H,1-5H3/t13-/m1/s1. The van der Waals surface area contributed by atoms with Crippen LogP contribution in [0.1, 0.15) is 34.6 Å². The molecule has 6 nitrogen and oxygen atoms in total. The molecule has 0 radical (unpaired) electrons. The predicted molar refractivity (Wildman–Crippen MR) is 91.6 cm³/mol. The summed E-state index contributed by atoms with van der Waals surface area (Å²) in [4.78, 5) is 14.6. The molecule has 2 aromatic rings. The highest BCUT2D eigenvalue weighted by atomic mass is 32.2. The van der Waals surface area contributed by atoms with Crippen LogP contribution in [0.4, 0.5) is 0 Å². The molecular formula is C16H23N5OS. The summed E-state index contributed by atoms with van der Waals surface area (Å²) in [6.07, 6.45) is 0. The van der Waals surface area contributed by atoms with Crippen LogP contribution in [0.15, 0.2) is 35.5 Å². The third-order valence-electron chi connectivity index (χ3n) is 3.44. The Morgan fingerprint density at radius 3 is 2.26 bits per heavy atom. The lowest BCUT2D eigenvalue weighted by atomic mass is 10.2. The second-order valence-electron chi connectivity index (χ2n) is 5.90. The molecule has 0 saturated carbocycles. The van der Waals surface area contributed by atoms with E-state index in [4.69, 9.17) is 0 Å². The number of thioether (sulfide) groups is 1. The molecule has 7 heteroatoms. The number of para-hydroxylation sites is 1. The Morgan fingerprint density at radius 2 is 1.70 bits per heavy atom. The number of amides is 1. The molecule has 0 unspecified atom stereocenters. The summed E-state index contributed by atoms with van der Waals surface area (Å²) in [7, 11) is 0. The van der Waals surface area contributed by atoms with E-state index in [1.165, 1.54) is 11.8 Å². The number of tetrazole rings is 1. The van der Waals surface area contributed by atoms with Crippen LogP contribution in [-0.4, -0.2) is 48.3 Å². The van der Waals surface area contributed by atoms with Gasteiger partial charge in [-0.25, -0.2) is 0 Å². The molecule has 1 aromatic heterocycles. The van der Waals surface area contributed by atoms with Gasteiger partial charge in [0.2, 0.25) is 11.1 Å². The Kier molecular flexibility index (Phi) is 5.76. The maximum Gasteiger partial charge on any atom is 0.236 e. The highest BCUT2D eigenvalue weighted by Crippen LogP contribution is 2.25. The van der Waals surface area contributed by atoms with Crippen molar-refractivity contribution in [1.82, 2.24) is 25.1 Å². The molecule has 0 spiro atoms. The Morgan fingerprint density at radius 1 is 1.09 bits per heavy atom. The second kappa shape index (κ2) is 7.59. The molecule has 1 amide bonds. The van der Waals surface area contributed by atoms with Crippen LogP contribution in [-0.2, 0) is 4.79 Å². The highest BCUT2D eigenvalue weighted by molar-refractivity contribution is 8.00. The van der Waals surface area contributed by atoms with Gasteiger partial charge < -0.3 is 4.90 Å². The number of carbonyl (C=O) groups is 1. The number of nitrogens with zero attached hydrogens (tertiary/aromatic N) is 5. The fourth-order valence-corrected chi connectivity index (χ4v) is 3.37. The normalized spacial score (nSPS) is 12.7. The minimum absolute atomic E-state index is 0.0996. The molecule has 23 heavy (non-hydrogen) atoms. The van der Waals surface area contributed by atoms with Crippen LogP contribution in [0.5, 0.6) is 0 Å². The van der Waals surface area contributed by atoms with E-state index in [-0.39, 0.29) is 23.2 Å². The van der Waals surface area contributed by atoms with Gasteiger partial charge in [0.05, 0.1) is 10.9 Å². The van der Waals surface area contributed by atoms with Gasteiger partial charge in [-0.3, -0.25) is 4.79 Å². The molecular weight excluding hydrogens is 310 g/mol. The van der Waals surface area contributed by atoms with Gasteiger partial charge in [-0.15, -0.1) is 5.10 Å². The molecule has 2 rings (SSSR count). The molecule has 0 aliphatic carbocycles. The third-order valence-corrected chi connectivity index (χ3v) is 4.46. The second-order valence-corrected chi connectivity index (χ2v) is 7.21. The molecule has 1 atom stereocenters. The lowest BCUT2D eigenvalue weighted by Crippen LogP contribution is -2.45. The first-order valence-corrected chi connectivity index (χ1v) is 8.62. The van der Waals surface area contributed by atoms with E-state index < -0.39 is 0 Å². The largest absolute Gasteiger partial charge is 0.337 e. The van der Waals surface area contributed by atoms with E-state index >= 15 is 0 Å². The lowest BCUT2D eigenvalue weighted by Gasteiger charge is -2.32. The van der Waals surface area contributed by atoms with E-state index in [0.29, 0.717) is 5.16 Å². The number of carbonyl (C=O) groups excluding carboxylic acids is 1. The van der Waals surface area contributed by atoms with Gasteiger partial charge in [0.25, 0.3) is 0 Å². The zero-order valence-electron chi connectivity index (χ0n) is 14.2. The van der Waals surface area contributed by atoms with Crippen LogP contribution >= 0.6 is 11.8 Å². The molecule has 0 N–H and O–H groups in total. The summed E-state index contributed by atoms with van der Waals surface area (Å²) in [5, 5.41) is 12.2. The van der Waals surface area contributed by atoms with Crippen molar-refractivity contribution in [3.63, 3.8) is 0 Å². The predicted octanol–water partition coefficient (Wildman–Crippen LogP) is 2.79. The van der Waals surface area contributed by atoms with Gasteiger partial charge in [-0.05, 0) is 57.2 Å². The SMILES string of the molecule is CC(C)N(C(=O)[C@@H](C)Sc1nnnn1-c1ccccc1)C(C)C. The number of hydrogen-bond donors (Lipinski definition) is 0. The first-order chi connectivity index (χ1) is 10.9. The van der Waals surface area contributed by atoms with E-state index in [1.807, 2.05) is 69.9 Å². The quantitative estimate of drug-likeness (QED) is 0.761. The van der Waals surface area contributed by atoms with Crippen LogP contribution in [0.2, 0.25) is 0 Å². The van der Waals surface area contributed by atoms with Crippen LogP contribution in [0.3, 0.4) is 0 Å². The van der Waals surface area contributed by atoms with Crippen molar-refractivity contribution in [3.8, 4) is 5.69 Å². The molecule has 0 bridgehead atoms.